The number of nitrogen functional groups attached to an aromatic ring is 1. The van der Waals surface area contributed by atoms with Gasteiger partial charge in [-0.15, -0.1) is 5.10 Å². The first-order valence-electron chi connectivity index (χ1n) is 7.06. The first-order valence-corrected chi connectivity index (χ1v) is 7.06. The van der Waals surface area contributed by atoms with Gasteiger partial charge in [-0.1, -0.05) is 6.07 Å². The Morgan fingerprint density at radius 1 is 1.29 bits per heavy atom. The van der Waals surface area contributed by atoms with E-state index < -0.39 is 0 Å². The summed E-state index contributed by atoms with van der Waals surface area (Å²) >= 11 is 0. The second-order valence-corrected chi connectivity index (χ2v) is 4.61. The van der Waals surface area contributed by atoms with E-state index >= 15 is 0 Å². The molecule has 0 saturated carbocycles. The van der Waals surface area contributed by atoms with Gasteiger partial charge in [0.15, 0.2) is 5.82 Å². The quantitative estimate of drug-likeness (QED) is 0.784. The smallest absolute Gasteiger partial charge is 0.188 e. The van der Waals surface area contributed by atoms with Crippen LogP contribution in [0.3, 0.4) is 0 Å². The summed E-state index contributed by atoms with van der Waals surface area (Å²) in [5.74, 6) is 1.26. The van der Waals surface area contributed by atoms with Crippen LogP contribution in [0.1, 0.15) is 26.8 Å². The van der Waals surface area contributed by atoms with Gasteiger partial charge in [-0.05, 0) is 43.3 Å². The van der Waals surface area contributed by atoms with Crippen LogP contribution in [0, 0.1) is 0 Å². The number of rotatable bonds is 7. The SMILES string of the molecule is CCOCC(C)n1nnnc1-c1c(N)cccc1OCC. The Kier molecular flexibility index (Phi) is 5.10. The third kappa shape index (κ3) is 3.30. The first-order chi connectivity index (χ1) is 10.2. The molecule has 2 N–H and O–H groups in total. The van der Waals surface area contributed by atoms with E-state index in [1.165, 1.54) is 0 Å². The fraction of sp³-hybridized carbons (Fsp3) is 0.500. The molecule has 0 fully saturated rings. The van der Waals surface area contributed by atoms with Crippen molar-refractivity contribution in [3.8, 4) is 17.1 Å². The summed E-state index contributed by atoms with van der Waals surface area (Å²) in [6, 6.07) is 5.52. The molecular weight excluding hydrogens is 270 g/mol. The normalized spacial score (nSPS) is 12.3. The number of aromatic nitrogens is 4. The molecule has 114 valence electrons. The van der Waals surface area contributed by atoms with Crippen LogP contribution in [0.15, 0.2) is 18.2 Å². The highest BCUT2D eigenvalue weighted by molar-refractivity contribution is 5.77. The van der Waals surface area contributed by atoms with Crippen LogP contribution in [0.5, 0.6) is 5.75 Å². The average Bonchev–Trinajstić information content (AvgIpc) is 2.94. The predicted octanol–water partition coefficient (Wildman–Crippen LogP) is 1.92. The highest BCUT2D eigenvalue weighted by Gasteiger charge is 2.20. The average molecular weight is 291 g/mol. The van der Waals surface area contributed by atoms with Crippen LogP contribution in [0.2, 0.25) is 0 Å². The number of anilines is 1. The molecule has 0 amide bonds. The zero-order valence-corrected chi connectivity index (χ0v) is 12.6. The second kappa shape index (κ2) is 7.03. The minimum Gasteiger partial charge on any atom is -0.493 e. The van der Waals surface area contributed by atoms with Gasteiger partial charge in [-0.2, -0.15) is 0 Å². The van der Waals surface area contributed by atoms with E-state index in [2.05, 4.69) is 15.5 Å². The third-order valence-electron chi connectivity index (χ3n) is 3.06. The predicted molar refractivity (Wildman–Crippen MR) is 80.0 cm³/mol. The van der Waals surface area contributed by atoms with Crippen molar-refractivity contribution in [3.63, 3.8) is 0 Å². The third-order valence-corrected chi connectivity index (χ3v) is 3.06. The molecule has 0 bridgehead atoms. The molecule has 1 atom stereocenters. The zero-order valence-electron chi connectivity index (χ0n) is 12.6. The molecule has 2 rings (SSSR count). The fourth-order valence-corrected chi connectivity index (χ4v) is 2.08. The Balaban J connectivity index is 2.41. The molecule has 1 aromatic carbocycles. The highest BCUT2D eigenvalue weighted by atomic mass is 16.5. The first kappa shape index (κ1) is 15.2. The van der Waals surface area contributed by atoms with Crippen molar-refractivity contribution in [2.75, 3.05) is 25.6 Å². The van der Waals surface area contributed by atoms with Gasteiger partial charge >= 0.3 is 0 Å². The summed E-state index contributed by atoms with van der Waals surface area (Å²) < 4.78 is 12.8. The van der Waals surface area contributed by atoms with Crippen LogP contribution in [-0.4, -0.2) is 40.0 Å². The van der Waals surface area contributed by atoms with Gasteiger partial charge < -0.3 is 15.2 Å². The molecule has 0 aliphatic heterocycles. The van der Waals surface area contributed by atoms with Gasteiger partial charge in [0, 0.05) is 12.3 Å². The Labute approximate surface area is 124 Å². The van der Waals surface area contributed by atoms with Gasteiger partial charge in [0.25, 0.3) is 0 Å². The second-order valence-electron chi connectivity index (χ2n) is 4.61. The number of nitrogens with zero attached hydrogens (tertiary/aromatic N) is 4. The summed E-state index contributed by atoms with van der Waals surface area (Å²) in [6.07, 6.45) is 0. The Morgan fingerprint density at radius 2 is 2.10 bits per heavy atom. The van der Waals surface area contributed by atoms with Crippen LogP contribution in [0.4, 0.5) is 5.69 Å². The summed E-state index contributed by atoms with van der Waals surface area (Å²) in [5, 5.41) is 11.9. The zero-order chi connectivity index (χ0) is 15.2. The number of nitrogens with two attached hydrogens (primary N) is 1. The molecule has 1 unspecified atom stereocenters. The molecule has 0 radical (unpaired) electrons. The van der Waals surface area contributed by atoms with Crippen molar-refractivity contribution in [1.29, 1.82) is 0 Å². The minimum absolute atomic E-state index is 0.00373. The summed E-state index contributed by atoms with van der Waals surface area (Å²) in [6.45, 7) is 7.61. The maximum atomic E-state index is 6.09. The highest BCUT2D eigenvalue weighted by Crippen LogP contribution is 2.34. The molecular formula is C14H21N5O2. The Morgan fingerprint density at radius 3 is 2.81 bits per heavy atom. The molecule has 0 spiro atoms. The van der Waals surface area contributed by atoms with Crippen molar-refractivity contribution in [2.24, 2.45) is 0 Å². The Bertz CT molecular complexity index is 584. The number of tetrazole rings is 1. The summed E-state index contributed by atoms with van der Waals surface area (Å²) in [7, 11) is 0. The summed E-state index contributed by atoms with van der Waals surface area (Å²) in [4.78, 5) is 0. The largest absolute Gasteiger partial charge is 0.493 e. The number of ether oxygens (including phenoxy) is 2. The molecule has 2 aromatic rings. The lowest BCUT2D eigenvalue weighted by Gasteiger charge is -2.16. The standard InChI is InChI=1S/C14H21N5O2/c1-4-20-9-10(3)19-14(16-17-18-19)13-11(15)7-6-8-12(13)21-5-2/h6-8,10H,4-5,9,15H2,1-3H3. The van der Waals surface area contributed by atoms with Crippen molar-refractivity contribution in [3.05, 3.63) is 18.2 Å². The van der Waals surface area contributed by atoms with E-state index in [-0.39, 0.29) is 6.04 Å². The molecule has 1 aromatic heterocycles. The van der Waals surface area contributed by atoms with E-state index in [0.717, 1.165) is 0 Å². The molecule has 0 aliphatic rings. The molecule has 1 heterocycles. The maximum absolute atomic E-state index is 6.09. The van der Waals surface area contributed by atoms with Crippen molar-refractivity contribution in [2.45, 2.75) is 26.8 Å². The number of hydrogen-bond donors (Lipinski definition) is 1. The minimum atomic E-state index is 0.00373. The van der Waals surface area contributed by atoms with Crippen LogP contribution < -0.4 is 10.5 Å². The van der Waals surface area contributed by atoms with E-state index in [9.17, 15) is 0 Å². The number of benzene rings is 1. The van der Waals surface area contributed by atoms with E-state index in [1.54, 1.807) is 4.68 Å². The molecule has 7 nitrogen and oxygen atoms in total. The van der Waals surface area contributed by atoms with Gasteiger partial charge in [0.1, 0.15) is 5.75 Å². The van der Waals surface area contributed by atoms with E-state index in [4.69, 9.17) is 15.2 Å². The van der Waals surface area contributed by atoms with E-state index in [1.807, 2.05) is 39.0 Å². The van der Waals surface area contributed by atoms with Gasteiger partial charge in [-0.3, -0.25) is 0 Å². The van der Waals surface area contributed by atoms with E-state index in [0.29, 0.717) is 42.6 Å². The monoisotopic (exact) mass is 291 g/mol. The maximum Gasteiger partial charge on any atom is 0.188 e. The fourth-order valence-electron chi connectivity index (χ4n) is 2.08. The van der Waals surface area contributed by atoms with Crippen LogP contribution in [-0.2, 0) is 4.74 Å². The lowest BCUT2D eigenvalue weighted by molar-refractivity contribution is 0.115. The van der Waals surface area contributed by atoms with Gasteiger partial charge in [0.2, 0.25) is 0 Å². The summed E-state index contributed by atoms with van der Waals surface area (Å²) in [5.41, 5.74) is 7.39. The molecule has 21 heavy (non-hydrogen) atoms. The molecule has 0 aliphatic carbocycles. The van der Waals surface area contributed by atoms with Crippen LogP contribution in [0.25, 0.3) is 11.4 Å². The van der Waals surface area contributed by atoms with Crippen molar-refractivity contribution >= 4 is 5.69 Å². The molecule has 7 heteroatoms. The number of hydrogen-bond acceptors (Lipinski definition) is 6. The van der Waals surface area contributed by atoms with Crippen molar-refractivity contribution in [1.82, 2.24) is 20.2 Å². The topological polar surface area (TPSA) is 88.1 Å². The lowest BCUT2D eigenvalue weighted by atomic mass is 10.1. The molecule has 0 saturated heterocycles. The van der Waals surface area contributed by atoms with Crippen molar-refractivity contribution < 1.29 is 9.47 Å². The lowest BCUT2D eigenvalue weighted by Crippen LogP contribution is -2.15. The van der Waals surface area contributed by atoms with Crippen LogP contribution >= 0.6 is 0 Å². The Hall–Kier alpha value is -2.15. The van der Waals surface area contributed by atoms with Gasteiger partial charge in [0.05, 0.1) is 24.8 Å². The van der Waals surface area contributed by atoms with Gasteiger partial charge in [-0.25, -0.2) is 4.68 Å².